The number of halogens is 5. The Morgan fingerprint density at radius 2 is 2.00 bits per heavy atom. The third-order valence-corrected chi connectivity index (χ3v) is 5.32. The van der Waals surface area contributed by atoms with E-state index in [4.69, 9.17) is 38.4 Å². The molecule has 1 saturated heterocycles. The predicted molar refractivity (Wildman–Crippen MR) is 110 cm³/mol. The number of nitrogens with one attached hydrogen (secondary N) is 1. The number of aromatic nitrogens is 1. The van der Waals surface area contributed by atoms with Gasteiger partial charge in [0.05, 0.1) is 23.3 Å². The molecule has 2 aromatic rings. The Labute approximate surface area is 186 Å². The molecule has 2 atom stereocenters. The number of carbonyl (C=O) groups is 1. The second kappa shape index (κ2) is 8.14. The van der Waals surface area contributed by atoms with Crippen molar-refractivity contribution in [1.82, 2.24) is 4.98 Å². The van der Waals surface area contributed by atoms with Crippen molar-refractivity contribution in [3.8, 4) is 0 Å². The maximum atomic E-state index is 15.5. The summed E-state index contributed by atoms with van der Waals surface area (Å²) < 4.78 is 40.5. The number of nitrogens with two attached hydrogens (primary N) is 1. The minimum absolute atomic E-state index is 0. The molecule has 4 rings (SSSR count). The Morgan fingerprint density at radius 3 is 2.73 bits per heavy atom. The van der Waals surface area contributed by atoms with E-state index in [-0.39, 0.29) is 58.6 Å². The first-order chi connectivity index (χ1) is 13.7. The maximum Gasteiger partial charge on any atom is 0.283 e. The summed E-state index contributed by atoms with van der Waals surface area (Å²) in [5.41, 5.74) is 1.79. The summed E-state index contributed by atoms with van der Waals surface area (Å²) in [5, 5.41) is 2.87. The average Bonchev–Trinajstić information content (AvgIpc) is 3.00. The fourth-order valence-electron chi connectivity index (χ4n) is 3.38. The van der Waals surface area contributed by atoms with Gasteiger partial charge in [0.2, 0.25) is 0 Å². The van der Waals surface area contributed by atoms with Gasteiger partial charge in [-0.05, 0) is 24.3 Å². The maximum absolute atomic E-state index is 15.5. The van der Waals surface area contributed by atoms with Crippen molar-refractivity contribution in [3.63, 3.8) is 0 Å². The van der Waals surface area contributed by atoms with Crippen molar-refractivity contribution < 1.29 is 23.0 Å². The molecule has 2 aliphatic rings. The van der Waals surface area contributed by atoms with E-state index in [9.17, 15) is 9.18 Å². The summed E-state index contributed by atoms with van der Waals surface area (Å²) in [7, 11) is 0. The molecule has 12 heteroatoms. The number of amidine groups is 1. The molecule has 30 heavy (non-hydrogen) atoms. The number of aliphatic imine (C=N–C) groups is 1. The fourth-order valence-corrected chi connectivity index (χ4v) is 3.85. The van der Waals surface area contributed by atoms with Crippen molar-refractivity contribution in [2.75, 3.05) is 25.1 Å². The first kappa shape index (κ1) is 22.5. The normalized spacial score (nSPS) is 24.9. The molecule has 2 aliphatic heterocycles. The Kier molecular flexibility index (Phi) is 6.10. The van der Waals surface area contributed by atoms with E-state index in [1.807, 2.05) is 0 Å². The number of ether oxygens (including phenoxy) is 2. The van der Waals surface area contributed by atoms with Gasteiger partial charge in [-0.15, -0.1) is 12.4 Å². The average molecular weight is 480 g/mol. The minimum Gasteiger partial charge on any atom is -0.462 e. The standard InChI is InChI=1S/C18H14Cl2F2N4O3.ClH/c19-9-3-12(20)14(24-5-9)15(27)25-10-1-2-13(21)11(4-10)18-8-28-6-17(18,22)7-29-16(23)26-18;/h1-5H,6-8H2,(H2,23,26)(H,25,27);1H/t17-,18-;/m1./s1. The van der Waals surface area contributed by atoms with Crippen LogP contribution in [0.4, 0.5) is 14.5 Å². The Balaban J connectivity index is 0.00000256. The van der Waals surface area contributed by atoms with Crippen LogP contribution in [0.5, 0.6) is 0 Å². The summed E-state index contributed by atoms with van der Waals surface area (Å²) in [6.45, 7) is -0.987. The highest BCUT2D eigenvalue weighted by Crippen LogP contribution is 2.48. The van der Waals surface area contributed by atoms with E-state index >= 15 is 4.39 Å². The quantitative estimate of drug-likeness (QED) is 0.702. The lowest BCUT2D eigenvalue weighted by molar-refractivity contribution is 0.00905. The zero-order chi connectivity index (χ0) is 20.8. The second-order valence-electron chi connectivity index (χ2n) is 6.69. The molecule has 7 nitrogen and oxygen atoms in total. The largest absolute Gasteiger partial charge is 0.462 e. The lowest BCUT2D eigenvalue weighted by Crippen LogP contribution is -2.55. The van der Waals surface area contributed by atoms with Crippen LogP contribution in [-0.2, 0) is 15.0 Å². The summed E-state index contributed by atoms with van der Waals surface area (Å²) in [4.78, 5) is 20.4. The van der Waals surface area contributed by atoms with Crippen LogP contribution in [0.15, 0.2) is 35.5 Å². The summed E-state index contributed by atoms with van der Waals surface area (Å²) in [6.07, 6.45) is 1.27. The number of alkyl halides is 1. The van der Waals surface area contributed by atoms with Crippen molar-refractivity contribution in [3.05, 3.63) is 57.6 Å². The molecule has 3 heterocycles. The van der Waals surface area contributed by atoms with Crippen molar-refractivity contribution in [2.45, 2.75) is 11.2 Å². The van der Waals surface area contributed by atoms with Gasteiger partial charge in [-0.3, -0.25) is 4.79 Å². The van der Waals surface area contributed by atoms with Crippen LogP contribution in [0.3, 0.4) is 0 Å². The van der Waals surface area contributed by atoms with Crippen LogP contribution >= 0.6 is 35.6 Å². The molecule has 0 saturated carbocycles. The van der Waals surface area contributed by atoms with Crippen LogP contribution in [-0.4, -0.2) is 42.4 Å². The van der Waals surface area contributed by atoms with Gasteiger partial charge >= 0.3 is 0 Å². The molecule has 0 radical (unpaired) electrons. The highest BCUT2D eigenvalue weighted by Gasteiger charge is 2.62. The first-order valence-corrected chi connectivity index (χ1v) is 9.17. The van der Waals surface area contributed by atoms with Crippen LogP contribution < -0.4 is 11.1 Å². The molecule has 3 N–H and O–H groups in total. The lowest BCUT2D eigenvalue weighted by atomic mass is 9.78. The van der Waals surface area contributed by atoms with Crippen molar-refractivity contribution >= 4 is 53.2 Å². The molecule has 1 aromatic heterocycles. The van der Waals surface area contributed by atoms with Gasteiger partial charge in [0, 0.05) is 17.4 Å². The van der Waals surface area contributed by atoms with E-state index in [0.29, 0.717) is 0 Å². The van der Waals surface area contributed by atoms with Gasteiger partial charge in [-0.1, -0.05) is 23.2 Å². The topological polar surface area (TPSA) is 98.8 Å². The van der Waals surface area contributed by atoms with Crippen LogP contribution in [0, 0.1) is 5.82 Å². The molecule has 1 aromatic carbocycles. The zero-order valence-corrected chi connectivity index (χ0v) is 17.5. The lowest BCUT2D eigenvalue weighted by Gasteiger charge is -2.38. The number of carbonyl (C=O) groups excluding carboxylic acids is 1. The number of rotatable bonds is 3. The number of nitrogens with zero attached hydrogens (tertiary/aromatic N) is 2. The minimum atomic E-state index is -2.11. The Morgan fingerprint density at radius 1 is 1.23 bits per heavy atom. The van der Waals surface area contributed by atoms with Crippen LogP contribution in [0.2, 0.25) is 10.0 Å². The van der Waals surface area contributed by atoms with Crippen molar-refractivity contribution in [2.24, 2.45) is 10.7 Å². The number of amides is 1. The molecule has 1 amide bonds. The summed E-state index contributed by atoms with van der Waals surface area (Å²) in [6, 6.07) is 4.79. The van der Waals surface area contributed by atoms with Crippen LogP contribution in [0.1, 0.15) is 16.1 Å². The molecule has 0 spiro atoms. The van der Waals surface area contributed by atoms with Gasteiger partial charge in [0.1, 0.15) is 18.1 Å². The van der Waals surface area contributed by atoms with Gasteiger partial charge in [-0.25, -0.2) is 18.8 Å². The van der Waals surface area contributed by atoms with Gasteiger partial charge < -0.3 is 20.5 Å². The van der Waals surface area contributed by atoms with E-state index < -0.39 is 29.5 Å². The monoisotopic (exact) mass is 478 g/mol. The number of hydrogen-bond donors (Lipinski definition) is 2. The summed E-state index contributed by atoms with van der Waals surface area (Å²) >= 11 is 11.8. The van der Waals surface area contributed by atoms with Crippen LogP contribution in [0.25, 0.3) is 0 Å². The Bertz CT molecular complexity index is 1040. The van der Waals surface area contributed by atoms with Gasteiger partial charge in [0.15, 0.2) is 11.2 Å². The number of fused-ring (bicyclic) bond motifs is 1. The first-order valence-electron chi connectivity index (χ1n) is 8.41. The molecule has 0 unspecified atom stereocenters. The van der Waals surface area contributed by atoms with E-state index in [2.05, 4.69) is 15.3 Å². The molecular weight excluding hydrogens is 465 g/mol. The Hall–Kier alpha value is -2.20. The van der Waals surface area contributed by atoms with Crippen molar-refractivity contribution in [1.29, 1.82) is 0 Å². The third kappa shape index (κ3) is 3.66. The fraction of sp³-hybridized carbons (Fsp3) is 0.278. The SMILES string of the molecule is Cl.NC1=N[C@@]2(c3cc(NC(=O)c4ncc(Cl)cc4Cl)ccc3F)COC[C@@]2(F)CO1. The second-order valence-corrected chi connectivity index (χ2v) is 7.53. The third-order valence-electron chi connectivity index (χ3n) is 4.83. The van der Waals surface area contributed by atoms with Gasteiger partial charge in [0.25, 0.3) is 11.9 Å². The number of hydrogen-bond acceptors (Lipinski definition) is 6. The smallest absolute Gasteiger partial charge is 0.283 e. The number of anilines is 1. The van der Waals surface area contributed by atoms with Gasteiger partial charge in [-0.2, -0.15) is 0 Å². The predicted octanol–water partition coefficient (Wildman–Crippen LogP) is 3.48. The van der Waals surface area contributed by atoms with E-state index in [1.54, 1.807) is 0 Å². The molecule has 0 aliphatic carbocycles. The summed E-state index contributed by atoms with van der Waals surface area (Å²) in [5.74, 6) is -1.37. The highest BCUT2D eigenvalue weighted by molar-refractivity contribution is 6.36. The molecule has 0 bridgehead atoms. The van der Waals surface area contributed by atoms with E-state index in [1.165, 1.54) is 24.4 Å². The zero-order valence-electron chi connectivity index (χ0n) is 15.1. The van der Waals surface area contributed by atoms with E-state index in [0.717, 1.165) is 6.07 Å². The number of benzene rings is 1. The molecular formula is C18H15Cl3F2N4O3. The molecule has 160 valence electrons. The number of pyridine rings is 1. The highest BCUT2D eigenvalue weighted by atomic mass is 35.5. The molecule has 1 fully saturated rings.